The fraction of sp³-hybridized carbons (Fsp3) is 0.471. The van der Waals surface area contributed by atoms with Crippen molar-refractivity contribution in [1.82, 2.24) is 4.90 Å². The molecule has 2 rings (SSSR count). The minimum absolute atomic E-state index is 0.0846. The third kappa shape index (κ3) is 5.17. The molecule has 0 aliphatic carbocycles. The van der Waals surface area contributed by atoms with Crippen LogP contribution in [-0.2, 0) is 25.5 Å². The van der Waals surface area contributed by atoms with Crippen LogP contribution < -0.4 is 10.5 Å². The van der Waals surface area contributed by atoms with Crippen molar-refractivity contribution in [2.24, 2.45) is 11.7 Å². The summed E-state index contributed by atoms with van der Waals surface area (Å²) < 4.78 is 23.3. The fourth-order valence-corrected chi connectivity index (χ4v) is 2.71. The van der Waals surface area contributed by atoms with Gasteiger partial charge in [0.1, 0.15) is 0 Å². The Morgan fingerprint density at radius 3 is 2.76 bits per heavy atom. The van der Waals surface area contributed by atoms with Crippen LogP contribution in [0.5, 0.6) is 5.75 Å². The van der Waals surface area contributed by atoms with Crippen LogP contribution in [0.4, 0.5) is 4.39 Å². The van der Waals surface area contributed by atoms with Gasteiger partial charge in [0, 0.05) is 13.1 Å². The third-order valence-electron chi connectivity index (χ3n) is 4.10. The van der Waals surface area contributed by atoms with Gasteiger partial charge in [-0.2, -0.15) is 0 Å². The van der Waals surface area contributed by atoms with E-state index in [-0.39, 0.29) is 30.5 Å². The lowest BCUT2D eigenvalue weighted by molar-refractivity contribution is -0.152. The highest BCUT2D eigenvalue weighted by atomic mass is 19.1. The van der Waals surface area contributed by atoms with Crippen LogP contribution in [0.2, 0.25) is 0 Å². The van der Waals surface area contributed by atoms with Gasteiger partial charge >= 0.3 is 5.97 Å². The Kier molecular flexibility index (Phi) is 6.32. The van der Waals surface area contributed by atoms with Crippen LogP contribution in [0.15, 0.2) is 18.2 Å². The largest absolute Gasteiger partial charge is 0.494 e. The molecule has 25 heavy (non-hydrogen) atoms. The molecule has 1 aliphatic rings. The lowest BCUT2D eigenvalue weighted by Crippen LogP contribution is -2.45. The Morgan fingerprint density at radius 2 is 2.12 bits per heavy atom. The van der Waals surface area contributed by atoms with E-state index in [1.54, 1.807) is 6.07 Å². The van der Waals surface area contributed by atoms with Crippen molar-refractivity contribution in [2.75, 3.05) is 26.8 Å². The van der Waals surface area contributed by atoms with Crippen molar-refractivity contribution >= 4 is 17.8 Å². The Balaban J connectivity index is 1.82. The number of primary amides is 1. The zero-order valence-electron chi connectivity index (χ0n) is 14.0. The number of carbonyl (C=O) groups excluding carboxylic acids is 3. The van der Waals surface area contributed by atoms with Gasteiger partial charge in [0.25, 0.3) is 5.91 Å². The van der Waals surface area contributed by atoms with Crippen molar-refractivity contribution < 1.29 is 28.2 Å². The van der Waals surface area contributed by atoms with Gasteiger partial charge in [0.2, 0.25) is 5.91 Å². The average molecular weight is 352 g/mol. The number of ether oxygens (including phenoxy) is 2. The van der Waals surface area contributed by atoms with Crippen LogP contribution in [0, 0.1) is 11.7 Å². The highest BCUT2D eigenvalue weighted by Crippen LogP contribution is 2.18. The van der Waals surface area contributed by atoms with Gasteiger partial charge in [0.05, 0.1) is 19.4 Å². The van der Waals surface area contributed by atoms with Crippen LogP contribution in [-0.4, -0.2) is 49.5 Å². The first-order chi connectivity index (χ1) is 11.9. The molecule has 136 valence electrons. The quantitative estimate of drug-likeness (QED) is 0.758. The number of halogens is 1. The van der Waals surface area contributed by atoms with Crippen LogP contribution in [0.3, 0.4) is 0 Å². The number of hydrogen-bond acceptors (Lipinski definition) is 5. The van der Waals surface area contributed by atoms with E-state index in [1.165, 1.54) is 24.1 Å². The molecule has 1 saturated heterocycles. The minimum atomic E-state index is -0.638. The zero-order chi connectivity index (χ0) is 18.4. The molecule has 0 aromatic heterocycles. The number of rotatable bonds is 6. The molecule has 0 bridgehead atoms. The monoisotopic (exact) mass is 352 g/mol. The first kappa shape index (κ1) is 18.7. The lowest BCUT2D eigenvalue weighted by atomic mass is 9.97. The van der Waals surface area contributed by atoms with Crippen LogP contribution >= 0.6 is 0 Å². The number of benzene rings is 1. The number of esters is 1. The topological polar surface area (TPSA) is 98.9 Å². The molecule has 1 heterocycles. The van der Waals surface area contributed by atoms with Gasteiger partial charge < -0.3 is 20.1 Å². The number of likely N-dealkylation sites (tertiary alicyclic amines) is 1. The Hall–Kier alpha value is -2.64. The molecule has 7 nitrogen and oxygen atoms in total. The van der Waals surface area contributed by atoms with Gasteiger partial charge in [-0.3, -0.25) is 14.4 Å². The normalized spacial score (nSPS) is 17.0. The van der Waals surface area contributed by atoms with E-state index in [2.05, 4.69) is 0 Å². The summed E-state index contributed by atoms with van der Waals surface area (Å²) in [4.78, 5) is 36.6. The highest BCUT2D eigenvalue weighted by molar-refractivity contribution is 5.83. The molecular weight excluding hydrogens is 331 g/mol. The summed E-state index contributed by atoms with van der Waals surface area (Å²) in [5.41, 5.74) is 5.69. The molecule has 0 spiro atoms. The third-order valence-corrected chi connectivity index (χ3v) is 4.10. The van der Waals surface area contributed by atoms with E-state index in [1.807, 2.05) is 0 Å². The van der Waals surface area contributed by atoms with E-state index >= 15 is 0 Å². The van der Waals surface area contributed by atoms with Crippen LogP contribution in [0.1, 0.15) is 18.4 Å². The van der Waals surface area contributed by atoms with Crippen molar-refractivity contribution in [2.45, 2.75) is 19.3 Å². The molecule has 1 fully saturated rings. The molecule has 2 N–H and O–H groups in total. The number of amides is 2. The van der Waals surface area contributed by atoms with E-state index in [0.29, 0.717) is 24.9 Å². The summed E-state index contributed by atoms with van der Waals surface area (Å²) in [6, 6.07) is 4.15. The summed E-state index contributed by atoms with van der Waals surface area (Å²) >= 11 is 0. The second-order valence-corrected chi connectivity index (χ2v) is 5.89. The molecule has 0 radical (unpaired) electrons. The number of nitrogens with zero attached hydrogens (tertiary/aromatic N) is 1. The Morgan fingerprint density at radius 1 is 1.36 bits per heavy atom. The SMILES string of the molecule is COc1ccc(CC(=O)OCC(=O)N2CCC[C@@H](C(N)=O)C2)cc1F. The van der Waals surface area contributed by atoms with Crippen molar-refractivity contribution in [3.8, 4) is 5.75 Å². The zero-order valence-corrected chi connectivity index (χ0v) is 14.0. The van der Waals surface area contributed by atoms with Gasteiger partial charge in [0.15, 0.2) is 18.2 Å². The lowest BCUT2D eigenvalue weighted by Gasteiger charge is -2.31. The maximum Gasteiger partial charge on any atom is 0.310 e. The number of nitrogens with two attached hydrogens (primary N) is 1. The Labute approximate surface area is 144 Å². The molecule has 0 unspecified atom stereocenters. The van der Waals surface area contributed by atoms with E-state index in [0.717, 1.165) is 0 Å². The number of hydrogen-bond donors (Lipinski definition) is 1. The standard InChI is InChI=1S/C17H21FN2O5/c1-24-14-5-4-11(7-13(14)18)8-16(22)25-10-15(21)20-6-2-3-12(9-20)17(19)23/h4-5,7,12H,2-3,6,8-10H2,1H3,(H2,19,23)/t12-/m1/s1. The van der Waals surface area contributed by atoms with Crippen molar-refractivity contribution in [3.63, 3.8) is 0 Å². The number of carbonyl (C=O) groups is 3. The number of methoxy groups -OCH3 is 1. The van der Waals surface area contributed by atoms with Gasteiger partial charge in [-0.1, -0.05) is 6.07 Å². The molecule has 1 aromatic rings. The van der Waals surface area contributed by atoms with Gasteiger partial charge in [-0.05, 0) is 30.5 Å². The van der Waals surface area contributed by atoms with Crippen molar-refractivity contribution in [1.29, 1.82) is 0 Å². The molecule has 1 aromatic carbocycles. The predicted octanol–water partition coefficient (Wildman–Crippen LogP) is 0.644. The molecule has 1 atom stereocenters. The first-order valence-electron chi connectivity index (χ1n) is 7.96. The van der Waals surface area contributed by atoms with Crippen LogP contribution in [0.25, 0.3) is 0 Å². The smallest absolute Gasteiger partial charge is 0.310 e. The summed E-state index contributed by atoms with van der Waals surface area (Å²) in [6.45, 7) is 0.336. The summed E-state index contributed by atoms with van der Waals surface area (Å²) in [5.74, 6) is -2.30. The van der Waals surface area contributed by atoms with Gasteiger partial charge in [-0.25, -0.2) is 4.39 Å². The minimum Gasteiger partial charge on any atom is -0.494 e. The fourth-order valence-electron chi connectivity index (χ4n) is 2.71. The summed E-state index contributed by atoms with van der Waals surface area (Å²) in [5, 5.41) is 0. The molecule has 0 saturated carbocycles. The van der Waals surface area contributed by atoms with Gasteiger partial charge in [-0.15, -0.1) is 0 Å². The van der Waals surface area contributed by atoms with E-state index < -0.39 is 24.3 Å². The molecule has 2 amide bonds. The molecule has 1 aliphatic heterocycles. The first-order valence-corrected chi connectivity index (χ1v) is 7.96. The van der Waals surface area contributed by atoms with Crippen molar-refractivity contribution in [3.05, 3.63) is 29.6 Å². The highest BCUT2D eigenvalue weighted by Gasteiger charge is 2.27. The van der Waals surface area contributed by atoms with E-state index in [9.17, 15) is 18.8 Å². The second-order valence-electron chi connectivity index (χ2n) is 5.89. The number of piperidine rings is 1. The summed E-state index contributed by atoms with van der Waals surface area (Å²) in [6.07, 6.45) is 1.18. The average Bonchev–Trinajstić information content (AvgIpc) is 2.60. The molecular formula is C17H21FN2O5. The van der Waals surface area contributed by atoms with E-state index in [4.69, 9.17) is 15.2 Å². The maximum absolute atomic E-state index is 13.6. The molecule has 8 heteroatoms. The maximum atomic E-state index is 13.6. The predicted molar refractivity (Wildman–Crippen MR) is 86.1 cm³/mol. The Bertz CT molecular complexity index is 664. The second kappa shape index (κ2) is 8.46. The summed E-state index contributed by atoms with van der Waals surface area (Å²) in [7, 11) is 1.35.